The number of hydrogen-bond acceptors (Lipinski definition) is 4. The Balaban J connectivity index is 1.97. The zero-order chi connectivity index (χ0) is 14.7. The molecule has 1 aliphatic rings. The van der Waals surface area contributed by atoms with Gasteiger partial charge in [0.25, 0.3) is 0 Å². The van der Waals surface area contributed by atoms with Gasteiger partial charge >= 0.3 is 0 Å². The Morgan fingerprint density at radius 3 is 2.90 bits per heavy atom. The Labute approximate surface area is 123 Å². The average Bonchev–Trinajstić information content (AvgIpc) is 2.54. The van der Waals surface area contributed by atoms with Gasteiger partial charge in [0.05, 0.1) is 12.6 Å². The molecule has 1 fully saturated rings. The van der Waals surface area contributed by atoms with Gasteiger partial charge in [-0.3, -0.25) is 9.69 Å². The fourth-order valence-corrected chi connectivity index (χ4v) is 2.94. The van der Waals surface area contributed by atoms with Crippen LogP contribution in [0.5, 0.6) is 0 Å². The first kappa shape index (κ1) is 13.9. The van der Waals surface area contributed by atoms with Crippen LogP contribution in [-0.2, 0) is 4.79 Å². The summed E-state index contributed by atoms with van der Waals surface area (Å²) in [6.07, 6.45) is 0.870. The van der Waals surface area contributed by atoms with Gasteiger partial charge < -0.3 is 10.1 Å². The zero-order valence-electron chi connectivity index (χ0n) is 11.8. The standard InChI is InChI=1S/C17H18N2O2/c20-11-10-19-9-8-18-12-16(19)17(21)15-7-3-5-13-4-1-2-6-14(13)15/h1-7,11,16,18H,8-10,12H2. The number of Topliss-reactive ketones (excluding diaryl/α,β-unsaturated/α-hetero) is 1. The van der Waals surface area contributed by atoms with Crippen molar-refractivity contribution in [3.63, 3.8) is 0 Å². The van der Waals surface area contributed by atoms with Crippen molar-refractivity contribution in [1.82, 2.24) is 10.2 Å². The predicted molar refractivity (Wildman–Crippen MR) is 82.6 cm³/mol. The number of ketones is 1. The van der Waals surface area contributed by atoms with Crippen LogP contribution in [-0.4, -0.2) is 49.2 Å². The van der Waals surface area contributed by atoms with E-state index < -0.39 is 0 Å². The SMILES string of the molecule is O=CCN1CCNCC1C(=O)c1cccc2ccccc12. The van der Waals surface area contributed by atoms with Crippen LogP contribution in [0.25, 0.3) is 10.8 Å². The molecule has 1 heterocycles. The molecule has 0 spiro atoms. The lowest BCUT2D eigenvalue weighted by atomic mass is 9.96. The minimum absolute atomic E-state index is 0.0841. The lowest BCUT2D eigenvalue weighted by Crippen LogP contribution is -2.55. The maximum Gasteiger partial charge on any atom is 0.181 e. The number of carbonyl (C=O) groups is 2. The molecule has 0 radical (unpaired) electrons. The van der Waals surface area contributed by atoms with Gasteiger partial charge in [0.1, 0.15) is 6.29 Å². The van der Waals surface area contributed by atoms with Gasteiger partial charge in [-0.1, -0.05) is 42.5 Å². The van der Waals surface area contributed by atoms with Crippen LogP contribution in [0.2, 0.25) is 0 Å². The highest BCUT2D eigenvalue weighted by atomic mass is 16.1. The lowest BCUT2D eigenvalue weighted by Gasteiger charge is -2.33. The van der Waals surface area contributed by atoms with Crippen LogP contribution < -0.4 is 5.32 Å². The Morgan fingerprint density at radius 2 is 2.05 bits per heavy atom. The van der Waals surface area contributed by atoms with Crippen LogP contribution >= 0.6 is 0 Å². The van der Waals surface area contributed by atoms with Gasteiger partial charge in [-0.15, -0.1) is 0 Å². The highest BCUT2D eigenvalue weighted by Gasteiger charge is 2.29. The van der Waals surface area contributed by atoms with Gasteiger partial charge in [0.2, 0.25) is 0 Å². The number of nitrogens with zero attached hydrogens (tertiary/aromatic N) is 1. The van der Waals surface area contributed by atoms with Gasteiger partial charge in [-0.05, 0) is 10.8 Å². The van der Waals surface area contributed by atoms with Crippen molar-refractivity contribution in [2.45, 2.75) is 6.04 Å². The second-order valence-corrected chi connectivity index (χ2v) is 5.27. The average molecular weight is 282 g/mol. The van der Waals surface area contributed by atoms with Crippen LogP contribution in [0, 0.1) is 0 Å². The van der Waals surface area contributed by atoms with Crippen LogP contribution in [0.15, 0.2) is 42.5 Å². The first-order valence-corrected chi connectivity index (χ1v) is 7.21. The molecule has 4 heteroatoms. The summed E-state index contributed by atoms with van der Waals surface area (Å²) in [5.41, 5.74) is 0.734. The van der Waals surface area contributed by atoms with Crippen molar-refractivity contribution in [2.75, 3.05) is 26.2 Å². The minimum atomic E-state index is -0.269. The normalized spacial score (nSPS) is 19.5. The summed E-state index contributed by atoms with van der Waals surface area (Å²) in [6.45, 7) is 2.44. The molecule has 0 aliphatic carbocycles. The number of nitrogens with one attached hydrogen (secondary N) is 1. The first-order chi connectivity index (χ1) is 10.3. The van der Waals surface area contributed by atoms with Gasteiger partial charge in [0.15, 0.2) is 5.78 Å². The third-order valence-corrected chi connectivity index (χ3v) is 4.02. The third kappa shape index (κ3) is 2.73. The van der Waals surface area contributed by atoms with E-state index in [1.54, 1.807) is 0 Å². The molecule has 2 aromatic carbocycles. The molecule has 1 aliphatic heterocycles. The molecule has 1 saturated heterocycles. The summed E-state index contributed by atoms with van der Waals surface area (Å²) in [7, 11) is 0. The molecule has 1 atom stereocenters. The van der Waals surface area contributed by atoms with E-state index in [1.807, 2.05) is 47.4 Å². The quantitative estimate of drug-likeness (QED) is 0.682. The molecule has 4 nitrogen and oxygen atoms in total. The maximum atomic E-state index is 12.9. The van der Waals surface area contributed by atoms with E-state index in [2.05, 4.69) is 5.32 Å². The van der Waals surface area contributed by atoms with E-state index in [1.165, 1.54) is 0 Å². The first-order valence-electron chi connectivity index (χ1n) is 7.21. The topological polar surface area (TPSA) is 49.4 Å². The summed E-state index contributed by atoms with van der Waals surface area (Å²) in [5, 5.41) is 5.28. The van der Waals surface area contributed by atoms with Crippen molar-refractivity contribution in [1.29, 1.82) is 0 Å². The number of rotatable bonds is 4. The van der Waals surface area contributed by atoms with E-state index in [4.69, 9.17) is 0 Å². The van der Waals surface area contributed by atoms with E-state index in [-0.39, 0.29) is 11.8 Å². The summed E-state index contributed by atoms with van der Waals surface area (Å²) < 4.78 is 0. The Kier molecular flexibility index (Phi) is 4.08. The number of fused-ring (bicyclic) bond motifs is 1. The zero-order valence-corrected chi connectivity index (χ0v) is 11.8. The summed E-state index contributed by atoms with van der Waals surface area (Å²) >= 11 is 0. The molecular formula is C17H18N2O2. The third-order valence-electron chi connectivity index (χ3n) is 4.02. The monoisotopic (exact) mass is 282 g/mol. The molecule has 1 N–H and O–H groups in total. The van der Waals surface area contributed by atoms with Crippen LogP contribution in [0.3, 0.4) is 0 Å². The number of aldehydes is 1. The van der Waals surface area contributed by atoms with E-state index >= 15 is 0 Å². The fraction of sp³-hybridized carbons (Fsp3) is 0.294. The molecule has 3 rings (SSSR count). The number of hydrogen-bond donors (Lipinski definition) is 1. The summed E-state index contributed by atoms with van der Waals surface area (Å²) in [6, 6.07) is 13.4. The molecule has 0 aromatic heterocycles. The second kappa shape index (κ2) is 6.16. The largest absolute Gasteiger partial charge is 0.313 e. The number of piperazine rings is 1. The maximum absolute atomic E-state index is 12.9. The van der Waals surface area contributed by atoms with Crippen molar-refractivity contribution in [3.05, 3.63) is 48.0 Å². The predicted octanol–water partition coefficient (Wildman–Crippen LogP) is 1.50. The Hall–Kier alpha value is -2.04. The van der Waals surface area contributed by atoms with E-state index in [0.717, 1.165) is 35.7 Å². The second-order valence-electron chi connectivity index (χ2n) is 5.27. The van der Waals surface area contributed by atoms with Gasteiger partial charge in [-0.25, -0.2) is 0 Å². The molecule has 21 heavy (non-hydrogen) atoms. The lowest BCUT2D eigenvalue weighted by molar-refractivity contribution is -0.109. The van der Waals surface area contributed by atoms with E-state index in [9.17, 15) is 9.59 Å². The molecule has 0 saturated carbocycles. The smallest absolute Gasteiger partial charge is 0.181 e. The number of carbonyl (C=O) groups excluding carboxylic acids is 2. The molecule has 1 unspecified atom stereocenters. The van der Waals surface area contributed by atoms with Crippen molar-refractivity contribution in [3.8, 4) is 0 Å². The highest BCUT2D eigenvalue weighted by molar-refractivity contribution is 6.10. The number of benzene rings is 2. The molecule has 0 bridgehead atoms. The van der Waals surface area contributed by atoms with E-state index in [0.29, 0.717) is 13.1 Å². The molecular weight excluding hydrogens is 264 g/mol. The van der Waals surface area contributed by atoms with Crippen molar-refractivity contribution >= 4 is 22.8 Å². The Bertz CT molecular complexity index is 663. The van der Waals surface area contributed by atoms with Gasteiger partial charge in [0, 0.05) is 25.2 Å². The molecule has 2 aromatic rings. The van der Waals surface area contributed by atoms with Crippen LogP contribution in [0.1, 0.15) is 10.4 Å². The fourth-order valence-electron chi connectivity index (χ4n) is 2.94. The van der Waals surface area contributed by atoms with Crippen LogP contribution in [0.4, 0.5) is 0 Å². The van der Waals surface area contributed by atoms with Gasteiger partial charge in [-0.2, -0.15) is 0 Å². The van der Waals surface area contributed by atoms with Crippen molar-refractivity contribution in [2.24, 2.45) is 0 Å². The van der Waals surface area contributed by atoms with Crippen molar-refractivity contribution < 1.29 is 9.59 Å². The summed E-state index contributed by atoms with van der Waals surface area (Å²) in [5.74, 6) is 0.0841. The Morgan fingerprint density at radius 1 is 1.24 bits per heavy atom. The molecule has 108 valence electrons. The molecule has 0 amide bonds. The summed E-state index contributed by atoms with van der Waals surface area (Å²) in [4.78, 5) is 25.7. The minimum Gasteiger partial charge on any atom is -0.313 e. The highest BCUT2D eigenvalue weighted by Crippen LogP contribution is 2.21.